The molecule has 1 rings (SSSR count). The minimum atomic E-state index is 0.533. The highest BCUT2D eigenvalue weighted by Crippen LogP contribution is 2.19. The molecule has 1 aliphatic carbocycles. The van der Waals surface area contributed by atoms with Crippen LogP contribution >= 0.6 is 0 Å². The molecule has 0 aliphatic heterocycles. The first-order chi connectivity index (χ1) is 5.29. The summed E-state index contributed by atoms with van der Waals surface area (Å²) in [5, 5.41) is 0. The molecule has 65 valence electrons. The molecule has 0 heterocycles. The van der Waals surface area contributed by atoms with E-state index < -0.39 is 0 Å². The highest BCUT2D eigenvalue weighted by atomic mass is 16.5. The lowest BCUT2D eigenvalue weighted by atomic mass is 9.98. The minimum absolute atomic E-state index is 0.533. The summed E-state index contributed by atoms with van der Waals surface area (Å²) in [4.78, 5) is 0. The van der Waals surface area contributed by atoms with Crippen LogP contribution in [0.25, 0.3) is 0 Å². The smallest absolute Gasteiger partial charge is 0.0578 e. The molecule has 0 aromatic rings. The van der Waals surface area contributed by atoms with Gasteiger partial charge in [-0.2, -0.15) is 0 Å². The molecule has 0 aromatic heterocycles. The van der Waals surface area contributed by atoms with E-state index in [0.717, 1.165) is 6.61 Å². The molecule has 1 radical (unpaired) electrons. The third kappa shape index (κ3) is 3.76. The van der Waals surface area contributed by atoms with Crippen molar-refractivity contribution in [3.8, 4) is 0 Å². The van der Waals surface area contributed by atoms with Gasteiger partial charge in [0.1, 0.15) is 0 Å². The largest absolute Gasteiger partial charge is 0.378 e. The van der Waals surface area contributed by atoms with Gasteiger partial charge in [-0.15, -0.1) is 0 Å². The molecule has 0 aromatic carbocycles. The Labute approximate surface area is 70.1 Å². The normalized spacial score (nSPS) is 21.0. The van der Waals surface area contributed by atoms with E-state index in [1.165, 1.54) is 25.7 Å². The summed E-state index contributed by atoms with van der Waals surface area (Å²) in [6.45, 7) is 5.33. The van der Waals surface area contributed by atoms with E-state index >= 15 is 0 Å². The van der Waals surface area contributed by atoms with Crippen molar-refractivity contribution < 1.29 is 4.74 Å². The Bertz CT molecular complexity index is 93.0. The molecule has 0 N–H and O–H groups in total. The lowest BCUT2D eigenvalue weighted by molar-refractivity contribution is 0.0227. The van der Waals surface area contributed by atoms with Crippen LogP contribution in [0.2, 0.25) is 0 Å². The highest BCUT2D eigenvalue weighted by Gasteiger charge is 2.13. The molecule has 1 unspecified atom stereocenters. The first-order valence-electron chi connectivity index (χ1n) is 4.72. The summed E-state index contributed by atoms with van der Waals surface area (Å²) in [6.07, 6.45) is 7.94. The van der Waals surface area contributed by atoms with Gasteiger partial charge in [-0.25, -0.2) is 0 Å². The summed E-state index contributed by atoms with van der Waals surface area (Å²) < 4.78 is 5.71. The van der Waals surface area contributed by atoms with E-state index in [0.29, 0.717) is 12.0 Å². The van der Waals surface area contributed by atoms with Gasteiger partial charge in [-0.1, -0.05) is 20.3 Å². The zero-order chi connectivity index (χ0) is 8.10. The fraction of sp³-hybridized carbons (Fsp3) is 0.900. The van der Waals surface area contributed by atoms with Gasteiger partial charge in [0.15, 0.2) is 0 Å². The fourth-order valence-corrected chi connectivity index (χ4v) is 1.39. The molecular formula is C10H19O. The van der Waals surface area contributed by atoms with Gasteiger partial charge in [0.2, 0.25) is 0 Å². The van der Waals surface area contributed by atoms with E-state index in [1.54, 1.807) is 0 Å². The summed E-state index contributed by atoms with van der Waals surface area (Å²) in [5.41, 5.74) is 0. The summed E-state index contributed by atoms with van der Waals surface area (Å²) in [5.74, 6) is 0.678. The maximum atomic E-state index is 5.71. The van der Waals surface area contributed by atoms with Crippen molar-refractivity contribution in [2.24, 2.45) is 5.92 Å². The zero-order valence-corrected chi connectivity index (χ0v) is 7.68. The third-order valence-electron chi connectivity index (χ3n) is 2.03. The van der Waals surface area contributed by atoms with Crippen molar-refractivity contribution >= 4 is 0 Å². The Hall–Kier alpha value is -0.0400. The molecular weight excluding hydrogens is 136 g/mol. The van der Waals surface area contributed by atoms with Crippen LogP contribution in [0, 0.1) is 12.3 Å². The van der Waals surface area contributed by atoms with Gasteiger partial charge in [-0.05, 0) is 31.6 Å². The topological polar surface area (TPSA) is 9.23 Å². The van der Waals surface area contributed by atoms with Crippen LogP contribution < -0.4 is 0 Å². The third-order valence-corrected chi connectivity index (χ3v) is 2.03. The molecule has 1 atom stereocenters. The van der Waals surface area contributed by atoms with Crippen LogP contribution in [0.1, 0.15) is 39.5 Å². The Morgan fingerprint density at radius 2 is 2.36 bits per heavy atom. The Kier molecular flexibility index (Phi) is 3.92. The van der Waals surface area contributed by atoms with Gasteiger partial charge < -0.3 is 4.74 Å². The predicted octanol–water partition coefficient (Wildman–Crippen LogP) is 2.81. The second kappa shape index (κ2) is 4.76. The van der Waals surface area contributed by atoms with Crippen molar-refractivity contribution in [2.75, 3.05) is 6.61 Å². The Balaban J connectivity index is 2.05. The van der Waals surface area contributed by atoms with E-state index in [-0.39, 0.29) is 0 Å². The van der Waals surface area contributed by atoms with Gasteiger partial charge in [0.25, 0.3) is 0 Å². The lowest BCUT2D eigenvalue weighted by Gasteiger charge is -2.22. The summed E-state index contributed by atoms with van der Waals surface area (Å²) >= 11 is 0. The van der Waals surface area contributed by atoms with Gasteiger partial charge in [-0.3, -0.25) is 0 Å². The van der Waals surface area contributed by atoms with E-state index in [2.05, 4.69) is 20.3 Å². The summed E-state index contributed by atoms with van der Waals surface area (Å²) in [6, 6.07) is 0. The van der Waals surface area contributed by atoms with Crippen molar-refractivity contribution in [3.05, 3.63) is 6.42 Å². The van der Waals surface area contributed by atoms with Crippen LogP contribution in [0.4, 0.5) is 0 Å². The molecule has 0 saturated heterocycles. The van der Waals surface area contributed by atoms with Gasteiger partial charge >= 0.3 is 0 Å². The Morgan fingerprint density at radius 3 is 2.91 bits per heavy atom. The highest BCUT2D eigenvalue weighted by molar-refractivity contribution is 4.77. The molecule has 0 amide bonds. The maximum Gasteiger partial charge on any atom is 0.0578 e. The van der Waals surface area contributed by atoms with E-state index in [4.69, 9.17) is 4.74 Å². The molecule has 0 spiro atoms. The zero-order valence-electron chi connectivity index (χ0n) is 7.68. The average molecular weight is 155 g/mol. The van der Waals surface area contributed by atoms with Crippen LogP contribution in [0.5, 0.6) is 0 Å². The lowest BCUT2D eigenvalue weighted by Crippen LogP contribution is -2.19. The quantitative estimate of drug-likeness (QED) is 0.609. The van der Waals surface area contributed by atoms with Crippen molar-refractivity contribution in [1.29, 1.82) is 0 Å². The molecule has 1 saturated carbocycles. The SMILES string of the molecule is CC(C)COC1C[CH]CCC1. The second-order valence-electron chi connectivity index (χ2n) is 3.80. The van der Waals surface area contributed by atoms with Crippen LogP contribution in [-0.4, -0.2) is 12.7 Å². The first kappa shape index (κ1) is 9.05. The molecule has 0 bridgehead atoms. The maximum absolute atomic E-state index is 5.71. The van der Waals surface area contributed by atoms with E-state index in [9.17, 15) is 0 Å². The Morgan fingerprint density at radius 1 is 1.55 bits per heavy atom. The van der Waals surface area contributed by atoms with Crippen LogP contribution in [0.3, 0.4) is 0 Å². The first-order valence-corrected chi connectivity index (χ1v) is 4.72. The molecule has 11 heavy (non-hydrogen) atoms. The predicted molar refractivity (Wildman–Crippen MR) is 47.3 cm³/mol. The number of hydrogen-bond donors (Lipinski definition) is 0. The van der Waals surface area contributed by atoms with Crippen molar-refractivity contribution in [2.45, 2.75) is 45.6 Å². The monoisotopic (exact) mass is 155 g/mol. The van der Waals surface area contributed by atoms with Crippen molar-refractivity contribution in [3.63, 3.8) is 0 Å². The standard InChI is InChI=1S/C10H19O/c1-9(2)8-11-10-6-4-3-5-7-10/h4,9-10H,3,5-8H2,1-2H3. The van der Waals surface area contributed by atoms with Gasteiger partial charge in [0.05, 0.1) is 6.10 Å². The van der Waals surface area contributed by atoms with Gasteiger partial charge in [0, 0.05) is 6.61 Å². The van der Waals surface area contributed by atoms with Crippen molar-refractivity contribution in [1.82, 2.24) is 0 Å². The molecule has 1 aliphatic rings. The number of ether oxygens (including phenoxy) is 1. The molecule has 1 heteroatoms. The van der Waals surface area contributed by atoms with E-state index in [1.807, 2.05) is 0 Å². The number of hydrogen-bond acceptors (Lipinski definition) is 1. The summed E-state index contributed by atoms with van der Waals surface area (Å²) in [7, 11) is 0. The molecule has 1 nitrogen and oxygen atoms in total. The minimum Gasteiger partial charge on any atom is -0.378 e. The fourth-order valence-electron chi connectivity index (χ4n) is 1.39. The molecule has 1 fully saturated rings. The number of rotatable bonds is 3. The van der Waals surface area contributed by atoms with Crippen LogP contribution in [0.15, 0.2) is 0 Å². The average Bonchev–Trinajstić information content (AvgIpc) is 2.03. The van der Waals surface area contributed by atoms with Crippen LogP contribution in [-0.2, 0) is 4.74 Å². The second-order valence-corrected chi connectivity index (χ2v) is 3.80.